The van der Waals surface area contributed by atoms with Gasteiger partial charge in [0.2, 0.25) is 0 Å². The highest BCUT2D eigenvalue weighted by molar-refractivity contribution is 6.19. The van der Waals surface area contributed by atoms with Crippen molar-refractivity contribution in [1.29, 1.82) is 0 Å². The van der Waals surface area contributed by atoms with Crippen molar-refractivity contribution in [2.75, 3.05) is 13.2 Å². The topological polar surface area (TPSA) is 80.0 Å². The molecule has 4 rings (SSSR count). The predicted octanol–water partition coefficient (Wildman–Crippen LogP) is 1.55. The van der Waals surface area contributed by atoms with Crippen molar-refractivity contribution >= 4 is 11.4 Å². The van der Waals surface area contributed by atoms with Crippen molar-refractivity contribution in [3.05, 3.63) is 35.2 Å². The van der Waals surface area contributed by atoms with E-state index in [-0.39, 0.29) is 5.78 Å². The van der Waals surface area contributed by atoms with Crippen LogP contribution in [0.4, 0.5) is 0 Å². The van der Waals surface area contributed by atoms with Crippen LogP contribution in [-0.4, -0.2) is 34.4 Å². The molecule has 0 saturated heterocycles. The molecule has 0 unspecified atom stereocenters. The van der Waals surface area contributed by atoms with Gasteiger partial charge >= 0.3 is 0 Å². The summed E-state index contributed by atoms with van der Waals surface area (Å²) < 4.78 is 10.9. The fraction of sp³-hybridized carbons (Fsp3) is 0.231. The first-order valence-electron chi connectivity index (χ1n) is 6.08. The highest BCUT2D eigenvalue weighted by atomic mass is 16.6. The molecule has 1 aromatic carbocycles. The van der Waals surface area contributed by atoms with Crippen LogP contribution in [0.2, 0.25) is 0 Å². The second kappa shape index (κ2) is 3.74. The highest BCUT2D eigenvalue weighted by Crippen LogP contribution is 2.41. The van der Waals surface area contributed by atoms with Gasteiger partial charge in [-0.15, -0.1) is 5.10 Å². The van der Waals surface area contributed by atoms with Crippen LogP contribution in [0, 0.1) is 0 Å². The van der Waals surface area contributed by atoms with Gasteiger partial charge in [0.15, 0.2) is 23.1 Å². The maximum absolute atomic E-state index is 12.3. The maximum Gasteiger partial charge on any atom is 0.189 e. The summed E-state index contributed by atoms with van der Waals surface area (Å²) in [6.45, 7) is 1.07. The number of ether oxygens (including phenoxy) is 2. The minimum Gasteiger partial charge on any atom is -0.486 e. The first kappa shape index (κ1) is 10.4. The Hall–Kier alpha value is -2.50. The average molecular weight is 257 g/mol. The number of rotatable bonds is 3. The van der Waals surface area contributed by atoms with E-state index in [1.165, 1.54) is 0 Å². The van der Waals surface area contributed by atoms with Crippen molar-refractivity contribution in [3.8, 4) is 11.5 Å². The molecule has 2 aliphatic rings. The van der Waals surface area contributed by atoms with Crippen molar-refractivity contribution in [1.82, 2.24) is 15.4 Å². The van der Waals surface area contributed by atoms with Crippen molar-refractivity contribution in [3.63, 3.8) is 0 Å². The molecule has 2 N–H and O–H groups in total. The molecule has 1 aliphatic heterocycles. The van der Waals surface area contributed by atoms with Crippen LogP contribution < -0.4 is 9.47 Å². The lowest BCUT2D eigenvalue weighted by molar-refractivity contribution is 0.103. The summed E-state index contributed by atoms with van der Waals surface area (Å²) in [6.07, 6.45) is 0.695. The largest absolute Gasteiger partial charge is 0.486 e. The lowest BCUT2D eigenvalue weighted by Crippen LogP contribution is -2.15. The van der Waals surface area contributed by atoms with Gasteiger partial charge in [0.1, 0.15) is 13.2 Å². The standard InChI is InChI=1S/C13H11N3O3/c17-12(8-6-9(8)13-14-16-15-13)7-1-2-10-11(5-7)19-4-3-18-10/h1-2,5,16H,3-4,6H2,(H,14,15). The summed E-state index contributed by atoms with van der Waals surface area (Å²) in [6, 6.07) is 5.30. The molecule has 19 heavy (non-hydrogen) atoms. The molecule has 0 fully saturated rings. The zero-order chi connectivity index (χ0) is 12.8. The van der Waals surface area contributed by atoms with Crippen molar-refractivity contribution < 1.29 is 14.3 Å². The van der Waals surface area contributed by atoms with Gasteiger partial charge in [0.05, 0.1) is 0 Å². The SMILES string of the molecule is O=C(C1=C(c2n[nH][nH]2)C1)c1ccc2c(c1)OCCO2. The number of hydrogen-bond acceptors (Lipinski definition) is 4. The number of H-pyrrole nitrogens is 2. The summed E-state index contributed by atoms with van der Waals surface area (Å²) >= 11 is 0. The predicted molar refractivity (Wildman–Crippen MR) is 66.2 cm³/mol. The number of nitrogens with one attached hydrogen (secondary N) is 2. The van der Waals surface area contributed by atoms with Gasteiger partial charge in [0, 0.05) is 23.1 Å². The minimum atomic E-state index is 0.0309. The second-order valence-electron chi connectivity index (χ2n) is 4.52. The Bertz CT molecular complexity index is 687. The molecule has 1 aliphatic carbocycles. The van der Waals surface area contributed by atoms with E-state index in [2.05, 4.69) is 15.4 Å². The van der Waals surface area contributed by atoms with E-state index in [1.807, 2.05) is 0 Å². The van der Waals surface area contributed by atoms with Gasteiger partial charge in [0.25, 0.3) is 0 Å². The molecule has 0 bridgehead atoms. The van der Waals surface area contributed by atoms with Crippen molar-refractivity contribution in [2.24, 2.45) is 0 Å². The number of hydrogen-bond donors (Lipinski definition) is 2. The third-order valence-corrected chi connectivity index (χ3v) is 3.30. The summed E-state index contributed by atoms with van der Waals surface area (Å²) in [4.78, 5) is 12.3. The van der Waals surface area contributed by atoms with Gasteiger partial charge < -0.3 is 9.47 Å². The van der Waals surface area contributed by atoms with Gasteiger partial charge in [-0.3, -0.25) is 9.89 Å². The monoisotopic (exact) mass is 257 g/mol. The zero-order valence-electron chi connectivity index (χ0n) is 10.0. The van der Waals surface area contributed by atoms with Gasteiger partial charge in [-0.1, -0.05) is 0 Å². The fourth-order valence-corrected chi connectivity index (χ4v) is 2.19. The quantitative estimate of drug-likeness (QED) is 0.817. The van der Waals surface area contributed by atoms with Crippen LogP contribution in [-0.2, 0) is 0 Å². The lowest BCUT2D eigenvalue weighted by Gasteiger charge is -2.18. The molecule has 0 saturated carbocycles. The Morgan fingerprint density at radius 3 is 2.74 bits per heavy atom. The Balaban J connectivity index is 1.64. The summed E-state index contributed by atoms with van der Waals surface area (Å²) in [5.74, 6) is 2.13. The van der Waals surface area contributed by atoms with E-state index in [9.17, 15) is 4.79 Å². The number of ketones is 1. The number of carbonyl (C=O) groups excluding carboxylic acids is 1. The smallest absolute Gasteiger partial charge is 0.189 e. The molecule has 6 heteroatoms. The van der Waals surface area contributed by atoms with Crippen LogP contribution in [0.1, 0.15) is 22.6 Å². The first-order valence-corrected chi connectivity index (χ1v) is 6.08. The third kappa shape index (κ3) is 1.64. The number of allylic oxidation sites excluding steroid dienone is 2. The van der Waals surface area contributed by atoms with Crippen molar-refractivity contribution in [2.45, 2.75) is 6.42 Å². The van der Waals surface area contributed by atoms with E-state index in [4.69, 9.17) is 9.47 Å². The van der Waals surface area contributed by atoms with E-state index >= 15 is 0 Å². The summed E-state index contributed by atoms with van der Waals surface area (Å²) in [5, 5.41) is 9.35. The number of Topliss-reactive ketones (excluding diaryl/α,β-unsaturated/α-hetero) is 1. The summed E-state index contributed by atoms with van der Waals surface area (Å²) in [5.41, 5.74) is 2.42. The molecule has 0 atom stereocenters. The Labute approximate surface area is 108 Å². The summed E-state index contributed by atoms with van der Waals surface area (Å²) in [7, 11) is 0. The van der Waals surface area contributed by atoms with E-state index < -0.39 is 0 Å². The number of carbonyl (C=O) groups is 1. The van der Waals surface area contributed by atoms with E-state index in [0.29, 0.717) is 36.7 Å². The number of fused-ring (bicyclic) bond motifs is 1. The van der Waals surface area contributed by atoms with Gasteiger partial charge in [-0.25, -0.2) is 5.21 Å². The molecule has 6 nitrogen and oxygen atoms in total. The fourth-order valence-electron chi connectivity index (χ4n) is 2.19. The molecule has 0 amide bonds. The highest BCUT2D eigenvalue weighted by Gasteiger charge is 2.32. The van der Waals surface area contributed by atoms with Gasteiger partial charge in [-0.2, -0.15) is 0 Å². The Kier molecular flexibility index (Phi) is 2.05. The molecule has 2 heterocycles. The number of aromatic amines is 2. The maximum atomic E-state index is 12.3. The van der Waals surface area contributed by atoms with Crippen LogP contribution in [0.15, 0.2) is 23.8 Å². The van der Waals surface area contributed by atoms with Crippen LogP contribution in [0.25, 0.3) is 5.57 Å². The molecule has 2 aromatic rings. The molecule has 1 aromatic heterocycles. The molecule has 96 valence electrons. The average Bonchev–Trinajstić information content (AvgIpc) is 3.15. The number of benzene rings is 1. The van der Waals surface area contributed by atoms with E-state index in [0.717, 1.165) is 17.0 Å². The molecule has 0 radical (unpaired) electrons. The van der Waals surface area contributed by atoms with E-state index in [1.54, 1.807) is 18.2 Å². The Morgan fingerprint density at radius 1 is 1.21 bits per heavy atom. The molecule has 0 spiro atoms. The van der Waals surface area contributed by atoms with Crippen LogP contribution >= 0.6 is 0 Å². The lowest BCUT2D eigenvalue weighted by atomic mass is 10.1. The minimum absolute atomic E-state index is 0.0309. The normalized spacial score (nSPS) is 16.6. The molecular weight excluding hydrogens is 246 g/mol. The number of aromatic nitrogens is 3. The third-order valence-electron chi connectivity index (χ3n) is 3.30. The number of nitrogens with zero attached hydrogens (tertiary/aromatic N) is 1. The second-order valence-corrected chi connectivity index (χ2v) is 4.52. The van der Waals surface area contributed by atoms with Gasteiger partial charge in [-0.05, 0) is 18.2 Å². The zero-order valence-corrected chi connectivity index (χ0v) is 10.0. The first-order chi connectivity index (χ1) is 9.33. The van der Waals surface area contributed by atoms with Crippen LogP contribution in [0.5, 0.6) is 11.5 Å². The Morgan fingerprint density at radius 2 is 2.00 bits per heavy atom. The molecular formula is C13H11N3O3. The van der Waals surface area contributed by atoms with Crippen LogP contribution in [0.3, 0.4) is 0 Å².